The smallest absolute Gasteiger partial charge is 0.0760 e. The lowest BCUT2D eigenvalue weighted by atomic mass is 9.92. The summed E-state index contributed by atoms with van der Waals surface area (Å²) in [5.41, 5.74) is -0.115. The highest BCUT2D eigenvalue weighted by Gasteiger charge is 2.41. The summed E-state index contributed by atoms with van der Waals surface area (Å²) < 4.78 is 6.22. The Morgan fingerprint density at radius 1 is 1.05 bits per heavy atom. The summed E-state index contributed by atoms with van der Waals surface area (Å²) >= 11 is 0. The van der Waals surface area contributed by atoms with Crippen LogP contribution in [0, 0.1) is 0 Å². The molecule has 120 valence electrons. The molecule has 2 unspecified atom stereocenters. The van der Waals surface area contributed by atoms with Gasteiger partial charge in [0, 0.05) is 25.2 Å². The van der Waals surface area contributed by atoms with Gasteiger partial charge in [-0.05, 0) is 47.1 Å². The summed E-state index contributed by atoms with van der Waals surface area (Å²) in [6.07, 6.45) is 3.69. The predicted molar refractivity (Wildman–Crippen MR) is 87.3 cm³/mol. The molecule has 1 fully saturated rings. The summed E-state index contributed by atoms with van der Waals surface area (Å²) in [7, 11) is 0. The van der Waals surface area contributed by atoms with Gasteiger partial charge in [-0.2, -0.15) is 0 Å². The molecule has 0 amide bonds. The summed E-state index contributed by atoms with van der Waals surface area (Å²) in [6.45, 7) is 18.8. The monoisotopic (exact) mass is 284 g/mol. The number of likely N-dealkylation sites (N-methyl/N-ethyl adjacent to an activating group) is 1. The molecule has 0 aromatic heterocycles. The van der Waals surface area contributed by atoms with E-state index in [1.165, 1.54) is 19.3 Å². The third kappa shape index (κ3) is 5.01. The van der Waals surface area contributed by atoms with Crippen molar-refractivity contribution in [3.8, 4) is 0 Å². The summed E-state index contributed by atoms with van der Waals surface area (Å²) in [5.74, 6) is 0. The van der Waals surface area contributed by atoms with E-state index in [9.17, 15) is 0 Å². The maximum Gasteiger partial charge on any atom is 0.0760 e. The number of ether oxygens (including phenoxy) is 1. The van der Waals surface area contributed by atoms with Crippen LogP contribution in [0.15, 0.2) is 0 Å². The van der Waals surface area contributed by atoms with Crippen molar-refractivity contribution in [3.05, 3.63) is 0 Å². The summed E-state index contributed by atoms with van der Waals surface area (Å²) in [4.78, 5) is 2.66. The van der Waals surface area contributed by atoms with Crippen LogP contribution < -0.4 is 5.32 Å². The molecule has 1 saturated heterocycles. The molecule has 0 saturated carbocycles. The van der Waals surface area contributed by atoms with Gasteiger partial charge in [0.2, 0.25) is 0 Å². The van der Waals surface area contributed by atoms with Gasteiger partial charge in [-0.3, -0.25) is 4.90 Å². The van der Waals surface area contributed by atoms with E-state index in [0.29, 0.717) is 12.1 Å². The van der Waals surface area contributed by atoms with Crippen LogP contribution >= 0.6 is 0 Å². The molecule has 0 aliphatic carbocycles. The van der Waals surface area contributed by atoms with Gasteiger partial charge in [0.15, 0.2) is 0 Å². The van der Waals surface area contributed by atoms with Crippen molar-refractivity contribution in [1.82, 2.24) is 10.2 Å². The third-order valence-electron chi connectivity index (χ3n) is 4.14. The average molecular weight is 284 g/mol. The van der Waals surface area contributed by atoms with Gasteiger partial charge < -0.3 is 10.1 Å². The number of hydrogen-bond acceptors (Lipinski definition) is 3. The van der Waals surface area contributed by atoms with Crippen LogP contribution in [0.1, 0.15) is 67.7 Å². The van der Waals surface area contributed by atoms with Crippen LogP contribution in [0.4, 0.5) is 0 Å². The Kier molecular flexibility index (Phi) is 6.49. The number of rotatable bonds is 7. The van der Waals surface area contributed by atoms with Crippen molar-refractivity contribution < 1.29 is 4.74 Å². The van der Waals surface area contributed by atoms with E-state index < -0.39 is 0 Å². The van der Waals surface area contributed by atoms with Gasteiger partial charge in [-0.1, -0.05) is 27.2 Å². The topological polar surface area (TPSA) is 24.5 Å². The Morgan fingerprint density at radius 2 is 1.60 bits per heavy atom. The molecule has 20 heavy (non-hydrogen) atoms. The van der Waals surface area contributed by atoms with Gasteiger partial charge in [0.05, 0.1) is 11.2 Å². The van der Waals surface area contributed by atoms with Crippen LogP contribution in [0.2, 0.25) is 0 Å². The SMILES string of the molecule is CCCC(NCC)C(CC)N1CC(C)(C)OC(C)(C)C1. The Balaban J connectivity index is 2.86. The minimum Gasteiger partial charge on any atom is -0.367 e. The normalized spacial score (nSPS) is 25.4. The van der Waals surface area contributed by atoms with Crippen LogP contribution in [0.3, 0.4) is 0 Å². The zero-order chi connectivity index (χ0) is 15.4. The first-order chi connectivity index (χ1) is 9.24. The van der Waals surface area contributed by atoms with Crippen LogP contribution in [-0.4, -0.2) is 47.8 Å². The molecule has 1 aliphatic rings. The van der Waals surface area contributed by atoms with E-state index in [4.69, 9.17) is 4.74 Å². The fourth-order valence-electron chi connectivity index (χ4n) is 3.88. The van der Waals surface area contributed by atoms with E-state index in [0.717, 1.165) is 19.6 Å². The van der Waals surface area contributed by atoms with E-state index in [1.807, 2.05) is 0 Å². The van der Waals surface area contributed by atoms with Crippen molar-refractivity contribution in [3.63, 3.8) is 0 Å². The Bertz CT molecular complexity index is 267. The lowest BCUT2D eigenvalue weighted by Crippen LogP contribution is -2.63. The fourth-order valence-corrected chi connectivity index (χ4v) is 3.88. The maximum absolute atomic E-state index is 6.22. The number of morpholine rings is 1. The third-order valence-corrected chi connectivity index (χ3v) is 4.14. The number of hydrogen-bond donors (Lipinski definition) is 1. The number of nitrogens with zero attached hydrogens (tertiary/aromatic N) is 1. The zero-order valence-corrected chi connectivity index (χ0v) is 14.8. The van der Waals surface area contributed by atoms with Crippen molar-refractivity contribution >= 4 is 0 Å². The second-order valence-electron chi connectivity index (χ2n) is 7.45. The molecule has 0 radical (unpaired) electrons. The van der Waals surface area contributed by atoms with Gasteiger partial charge >= 0.3 is 0 Å². The minimum absolute atomic E-state index is 0.0574. The zero-order valence-electron chi connectivity index (χ0n) is 14.8. The highest BCUT2D eigenvalue weighted by atomic mass is 16.5. The Morgan fingerprint density at radius 3 is 2.00 bits per heavy atom. The largest absolute Gasteiger partial charge is 0.367 e. The molecule has 0 aromatic rings. The average Bonchev–Trinajstić information content (AvgIpc) is 2.26. The van der Waals surface area contributed by atoms with E-state index in [-0.39, 0.29) is 11.2 Å². The first kappa shape index (κ1) is 17.9. The lowest BCUT2D eigenvalue weighted by Gasteiger charge is -2.51. The molecule has 0 aromatic carbocycles. The molecule has 1 N–H and O–H groups in total. The van der Waals surface area contributed by atoms with Crippen molar-refractivity contribution in [1.29, 1.82) is 0 Å². The molecular formula is C17H36N2O. The van der Waals surface area contributed by atoms with Gasteiger partial charge in [0.25, 0.3) is 0 Å². The van der Waals surface area contributed by atoms with Gasteiger partial charge in [-0.15, -0.1) is 0 Å². The maximum atomic E-state index is 6.22. The van der Waals surface area contributed by atoms with Gasteiger partial charge in [0.1, 0.15) is 0 Å². The molecule has 3 heteroatoms. The molecular weight excluding hydrogens is 248 g/mol. The van der Waals surface area contributed by atoms with E-state index >= 15 is 0 Å². The molecule has 1 aliphatic heterocycles. The fraction of sp³-hybridized carbons (Fsp3) is 1.00. The molecule has 1 rings (SSSR count). The number of nitrogens with one attached hydrogen (secondary N) is 1. The van der Waals surface area contributed by atoms with Crippen molar-refractivity contribution in [2.45, 2.75) is 91.0 Å². The first-order valence-corrected chi connectivity index (χ1v) is 8.42. The Hall–Kier alpha value is -0.120. The molecule has 1 heterocycles. The van der Waals surface area contributed by atoms with Crippen LogP contribution in [0.5, 0.6) is 0 Å². The standard InChI is InChI=1S/C17H36N2O/c1-8-11-14(18-10-3)15(9-2)19-12-16(4,5)20-17(6,7)13-19/h14-15,18H,8-13H2,1-7H3. The van der Waals surface area contributed by atoms with Crippen molar-refractivity contribution in [2.75, 3.05) is 19.6 Å². The van der Waals surface area contributed by atoms with Gasteiger partial charge in [-0.25, -0.2) is 0 Å². The van der Waals surface area contributed by atoms with E-state index in [1.54, 1.807) is 0 Å². The molecule has 3 nitrogen and oxygen atoms in total. The summed E-state index contributed by atoms with van der Waals surface area (Å²) in [5, 5.41) is 3.70. The van der Waals surface area contributed by atoms with Crippen molar-refractivity contribution in [2.24, 2.45) is 0 Å². The Labute approximate surface area is 126 Å². The van der Waals surface area contributed by atoms with E-state index in [2.05, 4.69) is 58.7 Å². The van der Waals surface area contributed by atoms with Crippen LogP contribution in [0.25, 0.3) is 0 Å². The first-order valence-electron chi connectivity index (χ1n) is 8.42. The minimum atomic E-state index is -0.0574. The second-order valence-corrected chi connectivity index (χ2v) is 7.45. The highest BCUT2D eigenvalue weighted by molar-refractivity contribution is 4.94. The summed E-state index contributed by atoms with van der Waals surface area (Å²) in [6, 6.07) is 1.21. The second kappa shape index (κ2) is 7.24. The predicted octanol–water partition coefficient (Wildman–Crippen LogP) is 3.43. The highest BCUT2D eigenvalue weighted by Crippen LogP contribution is 2.31. The molecule has 2 atom stereocenters. The lowest BCUT2D eigenvalue weighted by molar-refractivity contribution is -0.189. The van der Waals surface area contributed by atoms with Crippen LogP contribution in [-0.2, 0) is 4.74 Å². The quantitative estimate of drug-likeness (QED) is 0.775. The molecule has 0 spiro atoms. The molecule has 0 bridgehead atoms.